The first-order chi connectivity index (χ1) is 13.7. The van der Waals surface area contributed by atoms with Crippen LogP contribution in [0.25, 0.3) is 21.6 Å². The number of benzene rings is 2. The molecule has 152 valence electrons. The number of carbonyl (C=O) groups is 1. The van der Waals surface area contributed by atoms with Crippen molar-refractivity contribution in [2.75, 3.05) is 11.8 Å². The molecule has 0 aliphatic rings. The third-order valence-electron chi connectivity index (χ3n) is 4.44. The van der Waals surface area contributed by atoms with Crippen LogP contribution in [0.2, 0.25) is 0 Å². The Balaban J connectivity index is 1.93. The lowest BCUT2D eigenvalue weighted by atomic mass is 10.0. The van der Waals surface area contributed by atoms with Gasteiger partial charge in [-0.05, 0) is 54.6 Å². The maximum atomic E-state index is 12.2. The highest BCUT2D eigenvalue weighted by Gasteiger charge is 2.19. The SMILES string of the molecule is COc1cc(C(=O)O)ccc1-c1ccc(-c2sccc2NS(=O)(=O)C(C)C)cc1. The number of methoxy groups -OCH3 is 1. The van der Waals surface area contributed by atoms with E-state index in [2.05, 4.69) is 4.72 Å². The summed E-state index contributed by atoms with van der Waals surface area (Å²) in [5, 5.41) is 10.5. The summed E-state index contributed by atoms with van der Waals surface area (Å²) in [6.07, 6.45) is 0. The molecule has 3 rings (SSSR count). The fraction of sp³-hybridized carbons (Fsp3) is 0.190. The number of sulfonamides is 1. The number of ether oxygens (including phenoxy) is 1. The fourth-order valence-electron chi connectivity index (χ4n) is 2.75. The summed E-state index contributed by atoms with van der Waals surface area (Å²) in [4.78, 5) is 12.0. The zero-order chi connectivity index (χ0) is 21.2. The molecule has 29 heavy (non-hydrogen) atoms. The van der Waals surface area contributed by atoms with Crippen molar-refractivity contribution in [1.29, 1.82) is 0 Å². The molecule has 0 unspecified atom stereocenters. The standard InChI is InChI=1S/C21H21NO5S2/c1-13(2)29(25,26)22-18-10-11-28-20(18)15-6-4-14(5-7-15)17-9-8-16(21(23)24)12-19(17)27-3/h4-13,22H,1-3H3,(H,23,24). The van der Waals surface area contributed by atoms with Gasteiger partial charge >= 0.3 is 5.97 Å². The molecule has 2 aromatic carbocycles. The van der Waals surface area contributed by atoms with Crippen molar-refractivity contribution in [3.63, 3.8) is 0 Å². The van der Waals surface area contributed by atoms with Gasteiger partial charge in [-0.25, -0.2) is 13.2 Å². The maximum Gasteiger partial charge on any atom is 0.335 e. The van der Waals surface area contributed by atoms with E-state index in [4.69, 9.17) is 9.84 Å². The van der Waals surface area contributed by atoms with Crippen LogP contribution in [-0.2, 0) is 10.0 Å². The Morgan fingerprint density at radius 2 is 1.72 bits per heavy atom. The van der Waals surface area contributed by atoms with Gasteiger partial charge in [0, 0.05) is 5.56 Å². The second kappa shape index (κ2) is 8.26. The third kappa shape index (κ3) is 4.44. The second-order valence-corrected chi connectivity index (χ2v) is 9.81. The quantitative estimate of drug-likeness (QED) is 0.553. The number of nitrogens with one attached hydrogen (secondary N) is 1. The van der Waals surface area contributed by atoms with Gasteiger partial charge in [0.1, 0.15) is 5.75 Å². The molecule has 6 nitrogen and oxygen atoms in total. The Morgan fingerprint density at radius 3 is 2.31 bits per heavy atom. The van der Waals surface area contributed by atoms with Crippen LogP contribution in [0.1, 0.15) is 24.2 Å². The van der Waals surface area contributed by atoms with Crippen LogP contribution in [0.5, 0.6) is 5.75 Å². The predicted octanol–water partition coefficient (Wildman–Crippen LogP) is 4.94. The number of thiophene rings is 1. The van der Waals surface area contributed by atoms with E-state index in [0.717, 1.165) is 21.6 Å². The summed E-state index contributed by atoms with van der Waals surface area (Å²) >= 11 is 1.45. The van der Waals surface area contributed by atoms with E-state index in [0.29, 0.717) is 11.4 Å². The van der Waals surface area contributed by atoms with Crippen molar-refractivity contribution in [3.05, 3.63) is 59.5 Å². The van der Waals surface area contributed by atoms with Gasteiger partial charge in [-0.2, -0.15) is 0 Å². The molecule has 0 aliphatic heterocycles. The van der Waals surface area contributed by atoms with Crippen LogP contribution in [-0.4, -0.2) is 31.9 Å². The number of carboxylic acids is 1. The first kappa shape index (κ1) is 20.9. The van der Waals surface area contributed by atoms with Crippen LogP contribution >= 0.6 is 11.3 Å². The average molecular weight is 432 g/mol. The molecule has 1 heterocycles. The van der Waals surface area contributed by atoms with Gasteiger partial charge in [-0.3, -0.25) is 4.72 Å². The van der Waals surface area contributed by atoms with Gasteiger partial charge in [-0.1, -0.05) is 24.3 Å². The predicted molar refractivity (Wildman–Crippen MR) is 116 cm³/mol. The number of anilines is 1. The molecular weight excluding hydrogens is 410 g/mol. The lowest BCUT2D eigenvalue weighted by Crippen LogP contribution is -2.22. The van der Waals surface area contributed by atoms with E-state index < -0.39 is 21.2 Å². The number of rotatable bonds is 7. The smallest absolute Gasteiger partial charge is 0.335 e. The van der Waals surface area contributed by atoms with Crippen molar-refractivity contribution in [1.82, 2.24) is 0 Å². The Morgan fingerprint density at radius 1 is 1.07 bits per heavy atom. The molecule has 0 saturated carbocycles. The maximum absolute atomic E-state index is 12.2. The Hall–Kier alpha value is -2.84. The topological polar surface area (TPSA) is 92.7 Å². The minimum Gasteiger partial charge on any atom is -0.496 e. The van der Waals surface area contributed by atoms with Crippen molar-refractivity contribution in [2.24, 2.45) is 0 Å². The molecule has 8 heteroatoms. The average Bonchev–Trinajstić information content (AvgIpc) is 3.14. The van der Waals surface area contributed by atoms with Gasteiger partial charge in [0.2, 0.25) is 10.0 Å². The molecule has 2 N–H and O–H groups in total. The van der Waals surface area contributed by atoms with Gasteiger partial charge < -0.3 is 9.84 Å². The molecule has 0 spiro atoms. The molecule has 3 aromatic rings. The fourth-order valence-corrected chi connectivity index (χ4v) is 4.38. The number of hydrogen-bond donors (Lipinski definition) is 2. The molecule has 0 fully saturated rings. The molecule has 1 aromatic heterocycles. The summed E-state index contributed by atoms with van der Waals surface area (Å²) in [7, 11) is -1.93. The molecule has 0 atom stereocenters. The highest BCUT2D eigenvalue weighted by molar-refractivity contribution is 7.93. The normalized spacial score (nSPS) is 11.4. The summed E-state index contributed by atoms with van der Waals surface area (Å²) in [5.41, 5.74) is 3.23. The van der Waals surface area contributed by atoms with Crippen LogP contribution in [0.15, 0.2) is 53.9 Å². The highest BCUT2D eigenvalue weighted by Crippen LogP contribution is 2.37. The van der Waals surface area contributed by atoms with Gasteiger partial charge in [-0.15, -0.1) is 11.3 Å². The van der Waals surface area contributed by atoms with E-state index in [9.17, 15) is 13.2 Å². The highest BCUT2D eigenvalue weighted by atomic mass is 32.2. The van der Waals surface area contributed by atoms with Crippen molar-refractivity contribution in [3.8, 4) is 27.3 Å². The van der Waals surface area contributed by atoms with Crippen LogP contribution in [0, 0.1) is 0 Å². The zero-order valence-electron chi connectivity index (χ0n) is 16.2. The van der Waals surface area contributed by atoms with Gasteiger partial charge in [0.25, 0.3) is 0 Å². The van der Waals surface area contributed by atoms with Crippen LogP contribution in [0.4, 0.5) is 5.69 Å². The van der Waals surface area contributed by atoms with Crippen molar-refractivity contribution in [2.45, 2.75) is 19.1 Å². The van der Waals surface area contributed by atoms with E-state index in [-0.39, 0.29) is 5.56 Å². The minimum atomic E-state index is -3.43. The number of hydrogen-bond acceptors (Lipinski definition) is 5. The summed E-state index contributed by atoms with van der Waals surface area (Å²) in [6, 6.07) is 14.1. The Labute approximate surface area is 173 Å². The minimum absolute atomic E-state index is 0.155. The second-order valence-electron chi connectivity index (χ2n) is 6.66. The van der Waals surface area contributed by atoms with E-state index in [1.165, 1.54) is 30.6 Å². The van der Waals surface area contributed by atoms with Gasteiger partial charge in [0.05, 0.1) is 28.5 Å². The molecule has 0 aliphatic carbocycles. The van der Waals surface area contributed by atoms with Gasteiger partial charge in [0.15, 0.2) is 0 Å². The van der Waals surface area contributed by atoms with E-state index in [1.54, 1.807) is 26.0 Å². The largest absolute Gasteiger partial charge is 0.496 e. The summed E-state index contributed by atoms with van der Waals surface area (Å²) in [5.74, 6) is -0.543. The van der Waals surface area contributed by atoms with Crippen LogP contribution in [0.3, 0.4) is 0 Å². The first-order valence-electron chi connectivity index (χ1n) is 8.84. The lowest BCUT2D eigenvalue weighted by molar-refractivity contribution is 0.0696. The zero-order valence-corrected chi connectivity index (χ0v) is 17.8. The lowest BCUT2D eigenvalue weighted by Gasteiger charge is -2.12. The number of aromatic carboxylic acids is 1. The summed E-state index contributed by atoms with van der Waals surface area (Å²) in [6.45, 7) is 3.26. The third-order valence-corrected chi connectivity index (χ3v) is 7.15. The van der Waals surface area contributed by atoms with Crippen molar-refractivity contribution >= 4 is 33.0 Å². The van der Waals surface area contributed by atoms with E-state index >= 15 is 0 Å². The molecule has 0 amide bonds. The van der Waals surface area contributed by atoms with Crippen molar-refractivity contribution < 1.29 is 23.1 Å². The Bertz CT molecular complexity index is 1130. The monoisotopic (exact) mass is 431 g/mol. The van der Waals surface area contributed by atoms with Crippen LogP contribution < -0.4 is 9.46 Å². The van der Waals surface area contributed by atoms with E-state index in [1.807, 2.05) is 29.6 Å². The first-order valence-corrected chi connectivity index (χ1v) is 11.3. The molecule has 0 radical (unpaired) electrons. The molecular formula is C21H21NO5S2. The summed E-state index contributed by atoms with van der Waals surface area (Å²) < 4.78 is 32.4. The molecule has 0 saturated heterocycles. The molecule has 0 bridgehead atoms. The Kier molecular flexibility index (Phi) is 5.95. The number of carboxylic acid groups (broad SMARTS) is 1.